The molecule has 2 aromatic rings. The van der Waals surface area contributed by atoms with Crippen LogP contribution in [0.2, 0.25) is 0 Å². The van der Waals surface area contributed by atoms with Gasteiger partial charge in [0.2, 0.25) is 0 Å². The Labute approximate surface area is 124 Å². The maximum Gasteiger partial charge on any atom is 0.159 e. The average Bonchev–Trinajstić information content (AvgIpc) is 2.48. The Hall–Kier alpha value is -1.94. The fraction of sp³-hybridized carbons (Fsp3) is 0.294. The van der Waals surface area contributed by atoms with E-state index in [1.807, 2.05) is 24.3 Å². The Morgan fingerprint density at radius 3 is 2.10 bits per heavy atom. The molecule has 2 N–H and O–H groups in total. The highest BCUT2D eigenvalue weighted by Crippen LogP contribution is 2.21. The van der Waals surface area contributed by atoms with Gasteiger partial charge in [-0.05, 0) is 49.2 Å². The minimum atomic E-state index is -0.817. The molecule has 2 aromatic carbocycles. The highest BCUT2D eigenvalue weighted by Gasteiger charge is 2.12. The maximum atomic E-state index is 13.3. The van der Waals surface area contributed by atoms with E-state index in [0.717, 1.165) is 16.8 Å². The summed E-state index contributed by atoms with van der Waals surface area (Å²) in [5, 5.41) is 0. The zero-order valence-corrected chi connectivity index (χ0v) is 12.3. The van der Waals surface area contributed by atoms with E-state index in [9.17, 15) is 8.78 Å². The van der Waals surface area contributed by atoms with Crippen LogP contribution in [0, 0.1) is 11.6 Å². The largest absolute Gasteiger partial charge is 0.365 e. The predicted molar refractivity (Wildman–Crippen MR) is 82.0 cm³/mol. The molecular weight excluding hydrogens is 270 g/mol. The topological polar surface area (TPSA) is 29.3 Å². The van der Waals surface area contributed by atoms with Crippen LogP contribution in [0.4, 0.5) is 14.5 Å². The second kappa shape index (κ2) is 6.68. The van der Waals surface area contributed by atoms with E-state index in [1.54, 1.807) is 6.07 Å². The minimum Gasteiger partial charge on any atom is -0.365 e. The van der Waals surface area contributed by atoms with Crippen LogP contribution < -0.4 is 10.6 Å². The molecule has 0 heterocycles. The zero-order valence-electron chi connectivity index (χ0n) is 12.3. The molecule has 2 rings (SSSR count). The number of nitrogens with two attached hydrogens (primary N) is 1. The van der Waals surface area contributed by atoms with Gasteiger partial charge in [-0.15, -0.1) is 0 Å². The zero-order chi connectivity index (χ0) is 15.4. The van der Waals surface area contributed by atoms with Crippen LogP contribution in [0.1, 0.15) is 25.0 Å². The van der Waals surface area contributed by atoms with Gasteiger partial charge in [-0.3, -0.25) is 0 Å². The smallest absolute Gasteiger partial charge is 0.159 e. The lowest BCUT2D eigenvalue weighted by Gasteiger charge is -2.29. The number of nitrogens with zero attached hydrogens (tertiary/aromatic N) is 1. The molecule has 2 nitrogen and oxygen atoms in total. The van der Waals surface area contributed by atoms with Gasteiger partial charge in [0.15, 0.2) is 11.6 Å². The Balaban J connectivity index is 2.23. The van der Waals surface area contributed by atoms with Gasteiger partial charge in [0, 0.05) is 24.8 Å². The molecule has 0 aromatic heterocycles. The van der Waals surface area contributed by atoms with Crippen LogP contribution in [0.3, 0.4) is 0 Å². The molecule has 0 unspecified atom stereocenters. The minimum absolute atomic E-state index is 0.238. The van der Waals surface area contributed by atoms with E-state index in [-0.39, 0.29) is 6.04 Å². The molecule has 0 saturated carbocycles. The second-order valence-corrected chi connectivity index (χ2v) is 5.34. The number of rotatable bonds is 5. The molecule has 0 aliphatic rings. The molecule has 0 fully saturated rings. The molecule has 0 amide bonds. The normalized spacial score (nSPS) is 11.0. The van der Waals surface area contributed by atoms with Gasteiger partial charge in [0.25, 0.3) is 0 Å². The summed E-state index contributed by atoms with van der Waals surface area (Å²) in [7, 11) is 0. The third-order valence-corrected chi connectivity index (χ3v) is 3.46. The van der Waals surface area contributed by atoms with Crippen LogP contribution in [0.25, 0.3) is 0 Å². The van der Waals surface area contributed by atoms with Crippen molar-refractivity contribution in [2.75, 3.05) is 4.90 Å². The van der Waals surface area contributed by atoms with Gasteiger partial charge in [-0.1, -0.05) is 18.2 Å². The molecule has 0 atom stereocenters. The van der Waals surface area contributed by atoms with Crippen molar-refractivity contribution in [1.82, 2.24) is 0 Å². The lowest BCUT2D eigenvalue weighted by Crippen LogP contribution is -2.30. The first-order valence-corrected chi connectivity index (χ1v) is 7.01. The van der Waals surface area contributed by atoms with E-state index in [4.69, 9.17) is 5.73 Å². The third kappa shape index (κ3) is 3.79. The Bertz CT molecular complexity index is 594. The standard InChI is InChI=1S/C17H20F2N2/c1-12(2)21(15-6-3-13(10-20)4-7-15)11-14-5-8-16(18)17(19)9-14/h3-9,12H,10-11,20H2,1-2H3. The molecule has 112 valence electrons. The second-order valence-electron chi connectivity index (χ2n) is 5.34. The number of halogens is 2. The summed E-state index contributed by atoms with van der Waals surface area (Å²) < 4.78 is 26.3. The van der Waals surface area contributed by atoms with E-state index in [2.05, 4.69) is 18.7 Å². The van der Waals surface area contributed by atoms with Crippen LogP contribution in [-0.4, -0.2) is 6.04 Å². The summed E-state index contributed by atoms with van der Waals surface area (Å²) in [6.45, 7) is 5.16. The van der Waals surface area contributed by atoms with Crippen molar-refractivity contribution in [3.63, 3.8) is 0 Å². The third-order valence-electron chi connectivity index (χ3n) is 3.46. The lowest BCUT2D eigenvalue weighted by atomic mass is 10.1. The molecule has 0 radical (unpaired) electrons. The van der Waals surface area contributed by atoms with Crippen LogP contribution >= 0.6 is 0 Å². The van der Waals surface area contributed by atoms with Crippen molar-refractivity contribution in [1.29, 1.82) is 0 Å². The molecule has 21 heavy (non-hydrogen) atoms. The van der Waals surface area contributed by atoms with Crippen molar-refractivity contribution in [2.24, 2.45) is 5.73 Å². The van der Waals surface area contributed by atoms with Gasteiger partial charge in [0.05, 0.1) is 0 Å². The van der Waals surface area contributed by atoms with Crippen molar-refractivity contribution in [2.45, 2.75) is 33.0 Å². The molecule has 0 spiro atoms. The number of anilines is 1. The molecule has 0 aliphatic heterocycles. The van der Waals surface area contributed by atoms with Crippen molar-refractivity contribution in [3.05, 3.63) is 65.2 Å². The molecular formula is C17H20F2N2. The maximum absolute atomic E-state index is 13.3. The van der Waals surface area contributed by atoms with E-state index >= 15 is 0 Å². The van der Waals surface area contributed by atoms with Crippen LogP contribution in [-0.2, 0) is 13.1 Å². The van der Waals surface area contributed by atoms with Gasteiger partial charge < -0.3 is 10.6 Å². The highest BCUT2D eigenvalue weighted by atomic mass is 19.2. The summed E-state index contributed by atoms with van der Waals surface area (Å²) in [5.74, 6) is -1.63. The first-order chi connectivity index (χ1) is 10.0. The highest BCUT2D eigenvalue weighted by molar-refractivity contribution is 5.49. The summed E-state index contributed by atoms with van der Waals surface area (Å²) >= 11 is 0. The number of hydrogen-bond acceptors (Lipinski definition) is 2. The molecule has 4 heteroatoms. The number of benzene rings is 2. The quantitative estimate of drug-likeness (QED) is 0.906. The average molecular weight is 290 g/mol. The molecule has 0 bridgehead atoms. The fourth-order valence-electron chi connectivity index (χ4n) is 2.23. The first kappa shape index (κ1) is 15.4. The van der Waals surface area contributed by atoms with Crippen molar-refractivity contribution >= 4 is 5.69 Å². The Morgan fingerprint density at radius 2 is 1.57 bits per heavy atom. The summed E-state index contributed by atoms with van der Waals surface area (Å²) in [6, 6.07) is 12.2. The van der Waals surface area contributed by atoms with E-state index in [1.165, 1.54) is 12.1 Å². The summed E-state index contributed by atoms with van der Waals surface area (Å²) in [4.78, 5) is 2.13. The first-order valence-electron chi connectivity index (χ1n) is 7.01. The summed E-state index contributed by atoms with van der Waals surface area (Å²) in [5.41, 5.74) is 8.44. The Morgan fingerprint density at radius 1 is 0.952 bits per heavy atom. The van der Waals surface area contributed by atoms with Gasteiger partial charge >= 0.3 is 0 Å². The van der Waals surface area contributed by atoms with E-state index < -0.39 is 11.6 Å². The van der Waals surface area contributed by atoms with Crippen molar-refractivity contribution < 1.29 is 8.78 Å². The monoisotopic (exact) mass is 290 g/mol. The van der Waals surface area contributed by atoms with Gasteiger partial charge in [-0.25, -0.2) is 8.78 Å². The SMILES string of the molecule is CC(C)N(Cc1ccc(F)c(F)c1)c1ccc(CN)cc1. The van der Waals surface area contributed by atoms with Gasteiger partial charge in [0.1, 0.15) is 0 Å². The Kier molecular flexibility index (Phi) is 4.91. The van der Waals surface area contributed by atoms with E-state index in [0.29, 0.717) is 13.1 Å². The molecule has 0 aliphatic carbocycles. The molecule has 0 saturated heterocycles. The van der Waals surface area contributed by atoms with Crippen LogP contribution in [0.15, 0.2) is 42.5 Å². The number of hydrogen-bond donors (Lipinski definition) is 1. The fourth-order valence-corrected chi connectivity index (χ4v) is 2.23. The lowest BCUT2D eigenvalue weighted by molar-refractivity contribution is 0.506. The van der Waals surface area contributed by atoms with Crippen molar-refractivity contribution in [3.8, 4) is 0 Å². The predicted octanol–water partition coefficient (Wildman–Crippen LogP) is 3.84. The van der Waals surface area contributed by atoms with Gasteiger partial charge in [-0.2, -0.15) is 0 Å². The summed E-state index contributed by atoms with van der Waals surface area (Å²) in [6.07, 6.45) is 0. The van der Waals surface area contributed by atoms with Crippen LogP contribution in [0.5, 0.6) is 0 Å².